The number of Topliss-reactive ketones (excluding diaryl/α,β-unsaturated/α-hetero) is 1. The third-order valence-electron chi connectivity index (χ3n) is 2.75. The molecule has 1 aromatic rings. The summed E-state index contributed by atoms with van der Waals surface area (Å²) in [5.41, 5.74) is 6.71. The second kappa shape index (κ2) is 5.75. The Bertz CT molecular complexity index is 376. The van der Waals surface area contributed by atoms with Crippen LogP contribution in [-0.2, 0) is 0 Å². The van der Waals surface area contributed by atoms with Crippen LogP contribution in [0.2, 0.25) is 0 Å². The molecule has 1 aromatic carbocycles. The summed E-state index contributed by atoms with van der Waals surface area (Å²) in [4.78, 5) is 12.0. The van der Waals surface area contributed by atoms with E-state index in [1.165, 1.54) is 12.1 Å². The number of carbonyl (C=O) groups excluding carboxylic acids is 1. The van der Waals surface area contributed by atoms with Crippen LogP contribution >= 0.6 is 0 Å². The zero-order chi connectivity index (χ0) is 12.1. The van der Waals surface area contributed by atoms with Gasteiger partial charge < -0.3 is 5.73 Å². The second-order valence-electron chi connectivity index (χ2n) is 4.16. The topological polar surface area (TPSA) is 43.1 Å². The smallest absolute Gasteiger partial charge is 0.166 e. The second-order valence-corrected chi connectivity index (χ2v) is 4.16. The molecule has 3 heteroatoms. The fourth-order valence-electron chi connectivity index (χ4n) is 1.68. The summed E-state index contributed by atoms with van der Waals surface area (Å²) in [6, 6.07) is 4.32. The molecule has 1 rings (SSSR count). The van der Waals surface area contributed by atoms with Gasteiger partial charge in [-0.3, -0.25) is 4.79 Å². The van der Waals surface area contributed by atoms with Gasteiger partial charge in [0.05, 0.1) is 0 Å². The van der Waals surface area contributed by atoms with Crippen LogP contribution < -0.4 is 5.73 Å². The first-order valence-electron chi connectivity index (χ1n) is 5.56. The minimum Gasteiger partial charge on any atom is -0.330 e. The van der Waals surface area contributed by atoms with Gasteiger partial charge in [0.15, 0.2) is 5.78 Å². The van der Waals surface area contributed by atoms with E-state index in [1.807, 2.05) is 13.8 Å². The Morgan fingerprint density at radius 2 is 2.19 bits per heavy atom. The van der Waals surface area contributed by atoms with Crippen LogP contribution in [0.4, 0.5) is 4.39 Å². The van der Waals surface area contributed by atoms with E-state index in [9.17, 15) is 9.18 Å². The Labute approximate surface area is 95.7 Å². The quantitative estimate of drug-likeness (QED) is 0.780. The van der Waals surface area contributed by atoms with Crippen molar-refractivity contribution >= 4 is 5.78 Å². The molecule has 0 radical (unpaired) electrons. The molecule has 0 bridgehead atoms. The lowest BCUT2D eigenvalue weighted by Crippen LogP contribution is -2.14. The minimum atomic E-state index is -0.361. The maximum atomic E-state index is 13.1. The van der Waals surface area contributed by atoms with Crippen molar-refractivity contribution in [1.29, 1.82) is 0 Å². The highest BCUT2D eigenvalue weighted by Crippen LogP contribution is 2.17. The normalized spacial score (nSPS) is 12.5. The van der Waals surface area contributed by atoms with E-state index < -0.39 is 0 Å². The molecule has 1 unspecified atom stereocenters. The van der Waals surface area contributed by atoms with Crippen molar-refractivity contribution in [3.05, 3.63) is 35.1 Å². The predicted octanol–water partition coefficient (Wildman–Crippen LogP) is 2.69. The summed E-state index contributed by atoms with van der Waals surface area (Å²) in [5.74, 6) is -0.450. The molecule has 0 heterocycles. The van der Waals surface area contributed by atoms with Crippen LogP contribution in [0, 0.1) is 18.7 Å². The molecule has 0 saturated heterocycles. The number of nitrogens with two attached hydrogens (primary N) is 1. The van der Waals surface area contributed by atoms with Crippen LogP contribution in [0.15, 0.2) is 18.2 Å². The summed E-state index contributed by atoms with van der Waals surface area (Å²) < 4.78 is 13.1. The van der Waals surface area contributed by atoms with Crippen molar-refractivity contribution in [2.75, 3.05) is 6.54 Å². The van der Waals surface area contributed by atoms with Gasteiger partial charge in [0.1, 0.15) is 5.82 Å². The van der Waals surface area contributed by atoms with Gasteiger partial charge in [0.2, 0.25) is 0 Å². The molecule has 0 saturated carbocycles. The molecule has 0 fully saturated rings. The first kappa shape index (κ1) is 12.8. The molecule has 88 valence electrons. The molecule has 2 N–H and O–H groups in total. The van der Waals surface area contributed by atoms with E-state index in [0.717, 1.165) is 18.4 Å². The van der Waals surface area contributed by atoms with Gasteiger partial charge in [-0.25, -0.2) is 4.39 Å². The standard InChI is InChI=1S/C13H18FNO/c1-9-5-6-11(14)8-12(9)13(16)10(2)4-3-7-15/h5-6,8,10H,3-4,7,15H2,1-2H3. The van der Waals surface area contributed by atoms with E-state index in [-0.39, 0.29) is 17.5 Å². The average Bonchev–Trinajstić information content (AvgIpc) is 2.28. The highest BCUT2D eigenvalue weighted by atomic mass is 19.1. The van der Waals surface area contributed by atoms with Crippen LogP contribution in [0.1, 0.15) is 35.7 Å². The first-order valence-corrected chi connectivity index (χ1v) is 5.56. The molecule has 0 aliphatic heterocycles. The van der Waals surface area contributed by atoms with E-state index in [0.29, 0.717) is 12.1 Å². The SMILES string of the molecule is Cc1ccc(F)cc1C(=O)C(C)CCCN. The van der Waals surface area contributed by atoms with Gasteiger partial charge in [-0.1, -0.05) is 13.0 Å². The van der Waals surface area contributed by atoms with E-state index >= 15 is 0 Å². The van der Waals surface area contributed by atoms with Gasteiger partial charge in [0.25, 0.3) is 0 Å². The molecule has 16 heavy (non-hydrogen) atoms. The Kier molecular flexibility index (Phi) is 4.62. The van der Waals surface area contributed by atoms with Crippen molar-refractivity contribution in [3.8, 4) is 0 Å². The lowest BCUT2D eigenvalue weighted by molar-refractivity contribution is 0.0922. The molecular formula is C13H18FNO. The number of carbonyl (C=O) groups is 1. The molecule has 0 aromatic heterocycles. The molecule has 0 aliphatic carbocycles. The number of hydrogen-bond donors (Lipinski definition) is 1. The number of halogens is 1. The summed E-state index contributed by atoms with van der Waals surface area (Å²) in [5, 5.41) is 0. The molecule has 0 spiro atoms. The summed E-state index contributed by atoms with van der Waals surface area (Å²) in [7, 11) is 0. The first-order chi connectivity index (χ1) is 7.56. The third-order valence-corrected chi connectivity index (χ3v) is 2.75. The van der Waals surface area contributed by atoms with Gasteiger partial charge in [-0.15, -0.1) is 0 Å². The maximum absolute atomic E-state index is 13.1. The van der Waals surface area contributed by atoms with Crippen molar-refractivity contribution < 1.29 is 9.18 Å². The van der Waals surface area contributed by atoms with Crippen LogP contribution in [0.25, 0.3) is 0 Å². The average molecular weight is 223 g/mol. The van der Waals surface area contributed by atoms with E-state index in [4.69, 9.17) is 5.73 Å². The molecular weight excluding hydrogens is 205 g/mol. The van der Waals surface area contributed by atoms with Gasteiger partial charge >= 0.3 is 0 Å². The molecule has 0 aliphatic rings. The largest absolute Gasteiger partial charge is 0.330 e. The number of hydrogen-bond acceptors (Lipinski definition) is 2. The summed E-state index contributed by atoms with van der Waals surface area (Å²) in [6.45, 7) is 4.27. The Hall–Kier alpha value is -1.22. The van der Waals surface area contributed by atoms with Gasteiger partial charge in [-0.05, 0) is 44.0 Å². The third kappa shape index (κ3) is 3.14. The van der Waals surface area contributed by atoms with E-state index in [1.54, 1.807) is 6.07 Å². The van der Waals surface area contributed by atoms with Crippen molar-refractivity contribution in [2.45, 2.75) is 26.7 Å². The number of aryl methyl sites for hydroxylation is 1. The maximum Gasteiger partial charge on any atom is 0.166 e. The lowest BCUT2D eigenvalue weighted by Gasteiger charge is -2.11. The van der Waals surface area contributed by atoms with E-state index in [2.05, 4.69) is 0 Å². The summed E-state index contributed by atoms with van der Waals surface area (Å²) in [6.07, 6.45) is 1.58. The highest BCUT2D eigenvalue weighted by Gasteiger charge is 2.17. The highest BCUT2D eigenvalue weighted by molar-refractivity contribution is 5.98. The molecule has 0 amide bonds. The van der Waals surface area contributed by atoms with Crippen LogP contribution in [0.5, 0.6) is 0 Å². The molecule has 1 atom stereocenters. The van der Waals surface area contributed by atoms with Crippen molar-refractivity contribution in [3.63, 3.8) is 0 Å². The zero-order valence-corrected chi connectivity index (χ0v) is 9.79. The monoisotopic (exact) mass is 223 g/mol. The Balaban J connectivity index is 2.83. The number of ketones is 1. The lowest BCUT2D eigenvalue weighted by atomic mass is 9.92. The molecule has 2 nitrogen and oxygen atoms in total. The fraction of sp³-hybridized carbons (Fsp3) is 0.462. The fourth-order valence-corrected chi connectivity index (χ4v) is 1.68. The van der Waals surface area contributed by atoms with Crippen LogP contribution in [-0.4, -0.2) is 12.3 Å². The van der Waals surface area contributed by atoms with Crippen molar-refractivity contribution in [2.24, 2.45) is 11.7 Å². The van der Waals surface area contributed by atoms with Crippen LogP contribution in [0.3, 0.4) is 0 Å². The Morgan fingerprint density at radius 3 is 2.81 bits per heavy atom. The zero-order valence-electron chi connectivity index (χ0n) is 9.79. The van der Waals surface area contributed by atoms with Crippen molar-refractivity contribution in [1.82, 2.24) is 0 Å². The van der Waals surface area contributed by atoms with Gasteiger partial charge in [0, 0.05) is 11.5 Å². The number of benzene rings is 1. The van der Waals surface area contributed by atoms with Gasteiger partial charge in [-0.2, -0.15) is 0 Å². The minimum absolute atomic E-state index is 0.00505. The number of rotatable bonds is 5. The summed E-state index contributed by atoms with van der Waals surface area (Å²) >= 11 is 0. The Morgan fingerprint density at radius 1 is 1.50 bits per heavy atom. The predicted molar refractivity (Wildman–Crippen MR) is 62.9 cm³/mol.